The van der Waals surface area contributed by atoms with E-state index < -0.39 is 0 Å². The summed E-state index contributed by atoms with van der Waals surface area (Å²) in [5.74, 6) is 0. The fraction of sp³-hybridized carbons (Fsp3) is 0.600. The molecule has 0 aliphatic carbocycles. The molecule has 1 nitrogen and oxygen atoms in total. The Morgan fingerprint density at radius 2 is 2.45 bits per heavy atom. The summed E-state index contributed by atoms with van der Waals surface area (Å²) >= 11 is 0. The van der Waals surface area contributed by atoms with E-state index in [2.05, 4.69) is 32.9 Å². The molecule has 1 heteroatoms. The normalized spacial score (nSPS) is 23.2. The van der Waals surface area contributed by atoms with E-state index in [1.54, 1.807) is 0 Å². The van der Waals surface area contributed by atoms with Crippen molar-refractivity contribution in [3.63, 3.8) is 0 Å². The summed E-state index contributed by atoms with van der Waals surface area (Å²) in [4.78, 5) is 0. The van der Waals surface area contributed by atoms with Crippen molar-refractivity contribution in [2.24, 2.45) is 0 Å². The molecule has 0 saturated carbocycles. The number of allylic oxidation sites excluding steroid dienone is 1. The average molecular weight is 152 g/mol. The van der Waals surface area contributed by atoms with Gasteiger partial charge in [0.1, 0.15) is 0 Å². The molecule has 62 valence electrons. The van der Waals surface area contributed by atoms with E-state index in [1.807, 2.05) is 0 Å². The second-order valence-corrected chi connectivity index (χ2v) is 3.29. The first kappa shape index (κ1) is 8.54. The van der Waals surface area contributed by atoms with E-state index in [9.17, 15) is 0 Å². The molecule has 1 aliphatic rings. The third-order valence-electron chi connectivity index (χ3n) is 1.95. The molecule has 0 N–H and O–H groups in total. The first-order chi connectivity index (χ1) is 5.20. The van der Waals surface area contributed by atoms with E-state index in [-0.39, 0.29) is 0 Å². The summed E-state index contributed by atoms with van der Waals surface area (Å²) in [6.07, 6.45) is 5.77. The Labute approximate surface area is 68.8 Å². The van der Waals surface area contributed by atoms with Crippen LogP contribution < -0.4 is 0 Å². The van der Waals surface area contributed by atoms with Crippen LogP contribution in [0.15, 0.2) is 23.3 Å². The molecular formula is C10H16O. The highest BCUT2D eigenvalue weighted by atomic mass is 16.5. The van der Waals surface area contributed by atoms with Crippen LogP contribution >= 0.6 is 0 Å². The molecule has 11 heavy (non-hydrogen) atoms. The molecule has 0 bridgehead atoms. The Hall–Kier alpha value is -0.560. The molecule has 0 amide bonds. The lowest BCUT2D eigenvalue weighted by molar-refractivity contribution is 0.124. The van der Waals surface area contributed by atoms with Crippen molar-refractivity contribution >= 4 is 0 Å². The van der Waals surface area contributed by atoms with Gasteiger partial charge in [-0.25, -0.2) is 0 Å². The van der Waals surface area contributed by atoms with Crippen LogP contribution in [0.2, 0.25) is 0 Å². The third-order valence-corrected chi connectivity index (χ3v) is 1.95. The third kappa shape index (κ3) is 2.51. The fourth-order valence-corrected chi connectivity index (χ4v) is 1.16. The molecule has 0 aromatic heterocycles. The SMILES string of the molecule is CC(C)=CC[C@H]1OCC=C1C. The highest BCUT2D eigenvalue weighted by Crippen LogP contribution is 2.17. The molecular weight excluding hydrogens is 136 g/mol. The van der Waals surface area contributed by atoms with Gasteiger partial charge in [-0.2, -0.15) is 0 Å². The Morgan fingerprint density at radius 3 is 2.91 bits per heavy atom. The molecule has 0 radical (unpaired) electrons. The first-order valence-electron chi connectivity index (χ1n) is 4.12. The van der Waals surface area contributed by atoms with Crippen LogP contribution in [0.25, 0.3) is 0 Å². The number of hydrogen-bond acceptors (Lipinski definition) is 1. The van der Waals surface area contributed by atoms with E-state index in [0.29, 0.717) is 6.10 Å². The van der Waals surface area contributed by atoms with Gasteiger partial charge in [0.2, 0.25) is 0 Å². The lowest BCUT2D eigenvalue weighted by Gasteiger charge is -2.08. The second-order valence-electron chi connectivity index (χ2n) is 3.29. The summed E-state index contributed by atoms with van der Waals surface area (Å²) in [6, 6.07) is 0. The van der Waals surface area contributed by atoms with Gasteiger partial charge < -0.3 is 4.74 Å². The van der Waals surface area contributed by atoms with Crippen LogP contribution in [0, 0.1) is 0 Å². The minimum Gasteiger partial charge on any atom is -0.369 e. The maximum absolute atomic E-state index is 5.48. The zero-order chi connectivity index (χ0) is 8.27. The number of rotatable bonds is 2. The molecule has 0 spiro atoms. The predicted molar refractivity (Wildman–Crippen MR) is 47.5 cm³/mol. The highest BCUT2D eigenvalue weighted by Gasteiger charge is 2.13. The average Bonchev–Trinajstić information content (AvgIpc) is 2.31. The number of hydrogen-bond donors (Lipinski definition) is 0. The Bertz CT molecular complexity index is 185. The van der Waals surface area contributed by atoms with Crippen LogP contribution in [0.3, 0.4) is 0 Å². The van der Waals surface area contributed by atoms with Crippen molar-refractivity contribution < 1.29 is 4.74 Å². The molecule has 1 rings (SSSR count). The monoisotopic (exact) mass is 152 g/mol. The summed E-state index contributed by atoms with van der Waals surface area (Å²) in [5, 5.41) is 0. The predicted octanol–water partition coefficient (Wildman–Crippen LogP) is 2.69. The Morgan fingerprint density at radius 1 is 1.73 bits per heavy atom. The van der Waals surface area contributed by atoms with Crippen LogP contribution in [0.1, 0.15) is 27.2 Å². The number of ether oxygens (including phenoxy) is 1. The molecule has 1 atom stereocenters. The van der Waals surface area contributed by atoms with E-state index in [4.69, 9.17) is 4.74 Å². The van der Waals surface area contributed by atoms with Crippen molar-refractivity contribution in [2.45, 2.75) is 33.3 Å². The minimum atomic E-state index is 0.352. The lowest BCUT2D eigenvalue weighted by atomic mass is 10.1. The van der Waals surface area contributed by atoms with Gasteiger partial charge in [0, 0.05) is 0 Å². The van der Waals surface area contributed by atoms with E-state index in [0.717, 1.165) is 13.0 Å². The van der Waals surface area contributed by atoms with Crippen molar-refractivity contribution in [3.8, 4) is 0 Å². The van der Waals surface area contributed by atoms with Gasteiger partial charge >= 0.3 is 0 Å². The van der Waals surface area contributed by atoms with Crippen molar-refractivity contribution in [1.82, 2.24) is 0 Å². The van der Waals surface area contributed by atoms with E-state index >= 15 is 0 Å². The zero-order valence-electron chi connectivity index (χ0n) is 7.55. The largest absolute Gasteiger partial charge is 0.369 e. The Balaban J connectivity index is 2.39. The van der Waals surface area contributed by atoms with Gasteiger partial charge in [0.15, 0.2) is 0 Å². The zero-order valence-corrected chi connectivity index (χ0v) is 7.55. The summed E-state index contributed by atoms with van der Waals surface area (Å²) in [7, 11) is 0. The Kier molecular flexibility index (Phi) is 2.89. The fourth-order valence-electron chi connectivity index (χ4n) is 1.16. The quantitative estimate of drug-likeness (QED) is 0.553. The smallest absolute Gasteiger partial charge is 0.0821 e. The lowest BCUT2D eigenvalue weighted by Crippen LogP contribution is -2.06. The van der Waals surface area contributed by atoms with Gasteiger partial charge in [0.05, 0.1) is 12.7 Å². The molecule has 0 unspecified atom stereocenters. The van der Waals surface area contributed by atoms with Crippen molar-refractivity contribution in [3.05, 3.63) is 23.3 Å². The van der Waals surface area contributed by atoms with E-state index in [1.165, 1.54) is 11.1 Å². The van der Waals surface area contributed by atoms with Crippen LogP contribution in [-0.4, -0.2) is 12.7 Å². The maximum Gasteiger partial charge on any atom is 0.0821 e. The van der Waals surface area contributed by atoms with Gasteiger partial charge in [-0.05, 0) is 32.8 Å². The second kappa shape index (κ2) is 3.72. The summed E-state index contributed by atoms with van der Waals surface area (Å²) in [6.45, 7) is 7.17. The molecule has 0 aromatic carbocycles. The van der Waals surface area contributed by atoms with Gasteiger partial charge in [-0.3, -0.25) is 0 Å². The molecule has 1 heterocycles. The maximum atomic E-state index is 5.48. The molecule has 0 saturated heterocycles. The van der Waals surface area contributed by atoms with Crippen molar-refractivity contribution in [1.29, 1.82) is 0 Å². The standard InChI is InChI=1S/C10H16O/c1-8(2)4-5-10-9(3)6-7-11-10/h4,6,10H,5,7H2,1-3H3/t10-/m1/s1. The van der Waals surface area contributed by atoms with Crippen LogP contribution in [-0.2, 0) is 4.74 Å². The first-order valence-corrected chi connectivity index (χ1v) is 4.12. The molecule has 1 aliphatic heterocycles. The van der Waals surface area contributed by atoms with Gasteiger partial charge in [-0.15, -0.1) is 0 Å². The topological polar surface area (TPSA) is 9.23 Å². The van der Waals surface area contributed by atoms with Gasteiger partial charge in [-0.1, -0.05) is 17.7 Å². The molecule has 0 aromatic rings. The molecule has 0 fully saturated rings. The van der Waals surface area contributed by atoms with Gasteiger partial charge in [0.25, 0.3) is 0 Å². The summed E-state index contributed by atoms with van der Waals surface area (Å²) < 4.78 is 5.48. The van der Waals surface area contributed by atoms with Crippen LogP contribution in [0.4, 0.5) is 0 Å². The minimum absolute atomic E-state index is 0.352. The van der Waals surface area contributed by atoms with Crippen molar-refractivity contribution in [2.75, 3.05) is 6.61 Å². The summed E-state index contributed by atoms with van der Waals surface area (Å²) in [5.41, 5.74) is 2.75. The van der Waals surface area contributed by atoms with Crippen LogP contribution in [0.5, 0.6) is 0 Å². The highest BCUT2D eigenvalue weighted by molar-refractivity contribution is 5.12.